The Balaban J connectivity index is 1.51. The number of rotatable bonds is 8. The first kappa shape index (κ1) is 19.7. The summed E-state index contributed by atoms with van der Waals surface area (Å²) in [4.78, 5) is 29.5. The van der Waals surface area contributed by atoms with Crippen LogP contribution in [0.4, 0.5) is 11.4 Å². The van der Waals surface area contributed by atoms with Gasteiger partial charge in [0, 0.05) is 37.6 Å². The molecule has 1 aromatic carbocycles. The van der Waals surface area contributed by atoms with Gasteiger partial charge in [-0.05, 0) is 62.8 Å². The molecule has 2 aliphatic rings. The molecule has 5 nitrogen and oxygen atoms in total. The Kier molecular flexibility index (Phi) is 6.75. The topological polar surface area (TPSA) is 52.7 Å². The smallest absolute Gasteiger partial charge is 0.228 e. The number of hydrogen-bond acceptors (Lipinski definition) is 3. The average molecular weight is 372 g/mol. The minimum absolute atomic E-state index is 0.0213. The second-order valence-corrected chi connectivity index (χ2v) is 7.86. The fraction of sp³-hybridized carbons (Fsp3) is 0.636. The molecular formula is C22H33N3O2. The van der Waals surface area contributed by atoms with Crippen molar-refractivity contribution in [2.75, 3.05) is 36.4 Å². The van der Waals surface area contributed by atoms with Crippen LogP contribution in [0.2, 0.25) is 0 Å². The van der Waals surface area contributed by atoms with E-state index in [4.69, 9.17) is 0 Å². The van der Waals surface area contributed by atoms with E-state index in [9.17, 15) is 9.59 Å². The minimum Gasteiger partial charge on any atom is -0.372 e. The predicted octanol–water partition coefficient (Wildman–Crippen LogP) is 3.90. The van der Waals surface area contributed by atoms with Crippen LogP contribution < -0.4 is 10.2 Å². The van der Waals surface area contributed by atoms with E-state index in [1.165, 1.54) is 24.9 Å². The van der Waals surface area contributed by atoms with E-state index >= 15 is 0 Å². The molecule has 2 fully saturated rings. The van der Waals surface area contributed by atoms with E-state index < -0.39 is 0 Å². The highest BCUT2D eigenvalue weighted by atomic mass is 16.2. The number of nitrogens with one attached hydrogen (secondary N) is 1. The third kappa shape index (κ3) is 5.02. The molecule has 0 spiro atoms. The average Bonchev–Trinajstić information content (AvgIpc) is 3.49. The molecule has 2 atom stereocenters. The molecule has 1 saturated carbocycles. The standard InChI is InChI=1S/C22H33N3O2/c1-3-12-25(13-4-2)22(27)20-16-19(20)21(26)23-17-8-10-18(11-9-17)24-14-6-5-7-15-24/h8-11,19-20H,3-7,12-16H2,1-2H3,(H,23,26). The molecule has 2 amide bonds. The van der Waals surface area contributed by atoms with Gasteiger partial charge in [0.1, 0.15) is 0 Å². The maximum atomic E-state index is 12.6. The Morgan fingerprint density at radius 2 is 1.63 bits per heavy atom. The molecule has 1 saturated heterocycles. The summed E-state index contributed by atoms with van der Waals surface area (Å²) in [7, 11) is 0. The zero-order chi connectivity index (χ0) is 19.2. The molecule has 1 aliphatic heterocycles. The number of carbonyl (C=O) groups is 2. The van der Waals surface area contributed by atoms with Crippen LogP contribution in [0.15, 0.2) is 24.3 Å². The molecule has 1 aromatic rings. The van der Waals surface area contributed by atoms with Crippen LogP contribution in [-0.4, -0.2) is 42.9 Å². The third-order valence-corrected chi connectivity index (χ3v) is 5.60. The Labute approximate surface area is 163 Å². The van der Waals surface area contributed by atoms with Gasteiger partial charge in [0.05, 0.1) is 11.8 Å². The van der Waals surface area contributed by atoms with E-state index in [1.807, 2.05) is 17.0 Å². The first-order valence-electron chi connectivity index (χ1n) is 10.6. The second-order valence-electron chi connectivity index (χ2n) is 7.86. The van der Waals surface area contributed by atoms with Gasteiger partial charge >= 0.3 is 0 Å². The normalized spacial score (nSPS) is 21.6. The van der Waals surface area contributed by atoms with Crippen molar-refractivity contribution < 1.29 is 9.59 Å². The van der Waals surface area contributed by atoms with Gasteiger partial charge in [0.25, 0.3) is 0 Å². The lowest BCUT2D eigenvalue weighted by Crippen LogP contribution is -2.34. The number of benzene rings is 1. The van der Waals surface area contributed by atoms with Gasteiger partial charge in [0.15, 0.2) is 0 Å². The molecule has 0 radical (unpaired) electrons. The summed E-state index contributed by atoms with van der Waals surface area (Å²) in [5.74, 6) is -0.169. The van der Waals surface area contributed by atoms with Crippen molar-refractivity contribution in [3.63, 3.8) is 0 Å². The lowest BCUT2D eigenvalue weighted by molar-refractivity contribution is -0.134. The number of nitrogens with zero attached hydrogens (tertiary/aromatic N) is 2. The van der Waals surface area contributed by atoms with Gasteiger partial charge in [-0.1, -0.05) is 13.8 Å². The van der Waals surface area contributed by atoms with E-state index in [2.05, 4.69) is 36.2 Å². The molecule has 2 unspecified atom stereocenters. The van der Waals surface area contributed by atoms with Crippen molar-refractivity contribution in [2.24, 2.45) is 11.8 Å². The summed E-state index contributed by atoms with van der Waals surface area (Å²) in [6.45, 7) is 7.97. The predicted molar refractivity (Wildman–Crippen MR) is 110 cm³/mol. The third-order valence-electron chi connectivity index (χ3n) is 5.60. The summed E-state index contributed by atoms with van der Waals surface area (Å²) in [6, 6.07) is 8.12. The van der Waals surface area contributed by atoms with Crippen LogP contribution in [0.3, 0.4) is 0 Å². The largest absolute Gasteiger partial charge is 0.372 e. The summed E-state index contributed by atoms with van der Waals surface area (Å²) < 4.78 is 0. The van der Waals surface area contributed by atoms with Crippen molar-refractivity contribution in [1.29, 1.82) is 0 Å². The van der Waals surface area contributed by atoms with Crippen molar-refractivity contribution in [1.82, 2.24) is 4.90 Å². The molecule has 1 aliphatic carbocycles. The molecule has 5 heteroatoms. The highest BCUT2D eigenvalue weighted by Crippen LogP contribution is 2.41. The summed E-state index contributed by atoms with van der Waals surface area (Å²) in [5.41, 5.74) is 2.04. The first-order chi connectivity index (χ1) is 13.1. The summed E-state index contributed by atoms with van der Waals surface area (Å²) in [5, 5.41) is 2.99. The fourth-order valence-electron chi connectivity index (χ4n) is 4.01. The molecule has 0 aromatic heterocycles. The number of piperidine rings is 1. The molecule has 1 heterocycles. The van der Waals surface area contributed by atoms with Crippen molar-refractivity contribution in [3.8, 4) is 0 Å². The molecule has 3 rings (SSSR count). The SMILES string of the molecule is CCCN(CCC)C(=O)C1CC1C(=O)Nc1ccc(N2CCCCC2)cc1. The molecule has 0 bridgehead atoms. The lowest BCUT2D eigenvalue weighted by atomic mass is 10.1. The monoisotopic (exact) mass is 371 g/mol. The van der Waals surface area contributed by atoms with Crippen LogP contribution in [0.5, 0.6) is 0 Å². The number of amides is 2. The first-order valence-corrected chi connectivity index (χ1v) is 10.6. The summed E-state index contributed by atoms with van der Waals surface area (Å²) >= 11 is 0. The van der Waals surface area contributed by atoms with E-state index in [1.54, 1.807) is 0 Å². The van der Waals surface area contributed by atoms with Crippen LogP contribution in [0, 0.1) is 11.8 Å². The maximum absolute atomic E-state index is 12.6. The van der Waals surface area contributed by atoms with E-state index in [-0.39, 0.29) is 23.7 Å². The zero-order valence-corrected chi connectivity index (χ0v) is 16.7. The molecule has 27 heavy (non-hydrogen) atoms. The van der Waals surface area contributed by atoms with Crippen molar-refractivity contribution in [3.05, 3.63) is 24.3 Å². The fourth-order valence-corrected chi connectivity index (χ4v) is 4.01. The Morgan fingerprint density at radius 3 is 2.22 bits per heavy atom. The molecular weight excluding hydrogens is 338 g/mol. The number of anilines is 2. The number of carbonyl (C=O) groups excluding carboxylic acids is 2. The summed E-state index contributed by atoms with van der Waals surface area (Å²) in [6.07, 6.45) is 6.42. The van der Waals surface area contributed by atoms with Crippen LogP contribution in [0.25, 0.3) is 0 Å². The van der Waals surface area contributed by atoms with Gasteiger partial charge in [-0.25, -0.2) is 0 Å². The van der Waals surface area contributed by atoms with Gasteiger partial charge in [-0.2, -0.15) is 0 Å². The van der Waals surface area contributed by atoms with Crippen LogP contribution in [-0.2, 0) is 9.59 Å². The Bertz CT molecular complexity index is 631. The lowest BCUT2D eigenvalue weighted by Gasteiger charge is -2.28. The van der Waals surface area contributed by atoms with Crippen LogP contribution >= 0.6 is 0 Å². The zero-order valence-electron chi connectivity index (χ0n) is 16.7. The quantitative estimate of drug-likeness (QED) is 0.754. The minimum atomic E-state index is -0.171. The Hall–Kier alpha value is -2.04. The van der Waals surface area contributed by atoms with E-state index in [0.717, 1.165) is 44.7 Å². The maximum Gasteiger partial charge on any atom is 0.228 e. The Morgan fingerprint density at radius 1 is 1.00 bits per heavy atom. The molecule has 148 valence electrons. The highest BCUT2D eigenvalue weighted by molar-refractivity contribution is 5.99. The van der Waals surface area contributed by atoms with Crippen molar-refractivity contribution in [2.45, 2.75) is 52.4 Å². The second kappa shape index (κ2) is 9.25. The van der Waals surface area contributed by atoms with E-state index in [0.29, 0.717) is 6.42 Å². The van der Waals surface area contributed by atoms with Gasteiger partial charge in [-0.3, -0.25) is 9.59 Å². The van der Waals surface area contributed by atoms with Gasteiger partial charge in [-0.15, -0.1) is 0 Å². The van der Waals surface area contributed by atoms with Gasteiger partial charge in [0.2, 0.25) is 11.8 Å². The van der Waals surface area contributed by atoms with Crippen molar-refractivity contribution >= 4 is 23.2 Å². The van der Waals surface area contributed by atoms with Crippen LogP contribution in [0.1, 0.15) is 52.4 Å². The number of hydrogen-bond donors (Lipinski definition) is 1. The van der Waals surface area contributed by atoms with Gasteiger partial charge < -0.3 is 15.1 Å². The highest BCUT2D eigenvalue weighted by Gasteiger charge is 2.49. The molecule has 1 N–H and O–H groups in total.